The smallest absolute Gasteiger partial charge is 0.303 e. The lowest BCUT2D eigenvalue weighted by atomic mass is 10.1. The lowest BCUT2D eigenvalue weighted by Gasteiger charge is -2.00. The van der Waals surface area contributed by atoms with Crippen molar-refractivity contribution in [1.29, 1.82) is 0 Å². The first-order chi connectivity index (χ1) is 9.17. The maximum absolute atomic E-state index is 10.4. The van der Waals surface area contributed by atoms with Crippen LogP contribution in [0.3, 0.4) is 0 Å². The Morgan fingerprint density at radius 1 is 1.26 bits per heavy atom. The quantitative estimate of drug-likeness (QED) is 0.852. The van der Waals surface area contributed by atoms with Gasteiger partial charge in [-0.05, 0) is 17.7 Å². The molecule has 0 spiro atoms. The van der Waals surface area contributed by atoms with Crippen molar-refractivity contribution >= 4 is 5.97 Å². The van der Waals surface area contributed by atoms with Crippen molar-refractivity contribution in [2.75, 3.05) is 7.11 Å². The van der Waals surface area contributed by atoms with Crippen molar-refractivity contribution < 1.29 is 19.1 Å². The minimum atomic E-state index is -0.880. The topological polar surface area (TPSA) is 85.5 Å². The summed E-state index contributed by atoms with van der Waals surface area (Å²) in [6, 6.07) is 7.55. The molecule has 100 valence electrons. The SMILES string of the molecule is COc1ccc(Cc2nnc(CCC(=O)O)o2)cc1. The Labute approximate surface area is 110 Å². The number of carbonyl (C=O) groups is 1. The number of aliphatic carboxylic acids is 1. The largest absolute Gasteiger partial charge is 0.497 e. The molecule has 0 aliphatic rings. The zero-order chi connectivity index (χ0) is 13.7. The van der Waals surface area contributed by atoms with Crippen molar-refractivity contribution in [3.63, 3.8) is 0 Å². The number of benzene rings is 1. The van der Waals surface area contributed by atoms with Crippen LogP contribution in [0, 0.1) is 0 Å². The molecule has 0 fully saturated rings. The van der Waals surface area contributed by atoms with Crippen LogP contribution in [0.15, 0.2) is 28.7 Å². The molecule has 1 aromatic carbocycles. The molecule has 2 rings (SSSR count). The van der Waals surface area contributed by atoms with Crippen LogP contribution in [0.1, 0.15) is 23.8 Å². The third-order valence-electron chi connectivity index (χ3n) is 2.58. The number of aromatic nitrogens is 2. The highest BCUT2D eigenvalue weighted by Crippen LogP contribution is 2.14. The Morgan fingerprint density at radius 2 is 1.95 bits per heavy atom. The van der Waals surface area contributed by atoms with E-state index in [1.165, 1.54) is 0 Å². The Hall–Kier alpha value is -2.37. The first kappa shape index (κ1) is 13.1. The first-order valence-electron chi connectivity index (χ1n) is 5.83. The average molecular weight is 262 g/mol. The van der Waals surface area contributed by atoms with E-state index in [2.05, 4.69) is 10.2 Å². The van der Waals surface area contributed by atoms with Crippen molar-refractivity contribution in [1.82, 2.24) is 10.2 Å². The molecule has 2 aromatic rings. The summed E-state index contributed by atoms with van der Waals surface area (Å²) in [7, 11) is 1.61. The van der Waals surface area contributed by atoms with Crippen LogP contribution in [0.5, 0.6) is 5.75 Å². The summed E-state index contributed by atoms with van der Waals surface area (Å²) in [5.41, 5.74) is 1.02. The second-order valence-electron chi connectivity index (χ2n) is 4.01. The minimum absolute atomic E-state index is 0.00975. The second-order valence-corrected chi connectivity index (χ2v) is 4.01. The van der Waals surface area contributed by atoms with Crippen LogP contribution in [-0.2, 0) is 17.6 Å². The van der Waals surface area contributed by atoms with Crippen molar-refractivity contribution in [2.24, 2.45) is 0 Å². The van der Waals surface area contributed by atoms with E-state index in [1.807, 2.05) is 24.3 Å². The number of aryl methyl sites for hydroxylation is 1. The summed E-state index contributed by atoms with van der Waals surface area (Å²) in [5.74, 6) is 0.739. The van der Waals surface area contributed by atoms with E-state index in [0.717, 1.165) is 11.3 Å². The van der Waals surface area contributed by atoms with Crippen molar-refractivity contribution in [2.45, 2.75) is 19.3 Å². The number of nitrogens with zero attached hydrogens (tertiary/aromatic N) is 2. The van der Waals surface area contributed by atoms with Crippen LogP contribution in [0.4, 0.5) is 0 Å². The number of hydrogen-bond donors (Lipinski definition) is 1. The van der Waals surface area contributed by atoms with Gasteiger partial charge in [-0.25, -0.2) is 0 Å². The molecule has 0 unspecified atom stereocenters. The lowest BCUT2D eigenvalue weighted by Crippen LogP contribution is -1.97. The molecule has 0 amide bonds. The molecule has 0 bridgehead atoms. The number of ether oxygens (including phenoxy) is 1. The number of carboxylic acids is 1. The monoisotopic (exact) mass is 262 g/mol. The highest BCUT2D eigenvalue weighted by molar-refractivity contribution is 5.66. The summed E-state index contributed by atoms with van der Waals surface area (Å²) in [5, 5.41) is 16.3. The van der Waals surface area contributed by atoms with Gasteiger partial charge in [-0.3, -0.25) is 4.79 Å². The van der Waals surface area contributed by atoms with Crippen LogP contribution >= 0.6 is 0 Å². The predicted molar refractivity (Wildman–Crippen MR) is 66.1 cm³/mol. The molecule has 1 aromatic heterocycles. The third kappa shape index (κ3) is 3.80. The zero-order valence-electron chi connectivity index (χ0n) is 10.5. The maximum Gasteiger partial charge on any atom is 0.303 e. The number of hydrogen-bond acceptors (Lipinski definition) is 5. The lowest BCUT2D eigenvalue weighted by molar-refractivity contribution is -0.137. The fraction of sp³-hybridized carbons (Fsp3) is 0.308. The Bertz CT molecular complexity index is 548. The van der Waals surface area contributed by atoms with Crippen LogP contribution in [0.2, 0.25) is 0 Å². The summed E-state index contributed by atoms with van der Waals surface area (Å²) in [6.45, 7) is 0. The molecular weight excluding hydrogens is 248 g/mol. The summed E-state index contributed by atoms with van der Waals surface area (Å²) in [4.78, 5) is 10.4. The fourth-order valence-corrected chi connectivity index (χ4v) is 1.59. The molecule has 1 heterocycles. The molecule has 0 aliphatic heterocycles. The summed E-state index contributed by atoms with van der Waals surface area (Å²) >= 11 is 0. The molecule has 0 aliphatic carbocycles. The Balaban J connectivity index is 1.96. The normalized spacial score (nSPS) is 10.4. The van der Waals surface area contributed by atoms with Crippen molar-refractivity contribution in [3.8, 4) is 5.75 Å². The van der Waals surface area contributed by atoms with Gasteiger partial charge in [-0.2, -0.15) is 0 Å². The Kier molecular flexibility index (Phi) is 4.12. The second kappa shape index (κ2) is 5.99. The van der Waals surface area contributed by atoms with Crippen LogP contribution in [0.25, 0.3) is 0 Å². The predicted octanol–water partition coefficient (Wildman–Crippen LogP) is 1.69. The maximum atomic E-state index is 10.4. The van der Waals surface area contributed by atoms with Gasteiger partial charge >= 0.3 is 5.97 Å². The first-order valence-corrected chi connectivity index (χ1v) is 5.83. The van der Waals surface area contributed by atoms with E-state index in [1.54, 1.807) is 7.11 Å². The van der Waals surface area contributed by atoms with Gasteiger partial charge < -0.3 is 14.3 Å². The number of methoxy groups -OCH3 is 1. The summed E-state index contributed by atoms with van der Waals surface area (Å²) in [6.07, 6.45) is 0.763. The molecule has 0 radical (unpaired) electrons. The third-order valence-corrected chi connectivity index (χ3v) is 2.58. The van der Waals surface area contributed by atoms with Gasteiger partial charge in [0.15, 0.2) is 0 Å². The highest BCUT2D eigenvalue weighted by atomic mass is 16.5. The van der Waals surface area contributed by atoms with Gasteiger partial charge in [0.05, 0.1) is 20.0 Å². The number of rotatable bonds is 6. The van der Waals surface area contributed by atoms with E-state index in [9.17, 15) is 4.79 Å². The molecule has 1 N–H and O–H groups in total. The van der Waals surface area contributed by atoms with E-state index in [4.69, 9.17) is 14.3 Å². The van der Waals surface area contributed by atoms with Crippen LogP contribution < -0.4 is 4.74 Å². The van der Waals surface area contributed by atoms with Gasteiger partial charge in [-0.15, -0.1) is 10.2 Å². The van der Waals surface area contributed by atoms with E-state index in [0.29, 0.717) is 18.2 Å². The summed E-state index contributed by atoms with van der Waals surface area (Å²) < 4.78 is 10.4. The fourth-order valence-electron chi connectivity index (χ4n) is 1.59. The Morgan fingerprint density at radius 3 is 2.58 bits per heavy atom. The van der Waals surface area contributed by atoms with E-state index >= 15 is 0 Å². The minimum Gasteiger partial charge on any atom is -0.497 e. The van der Waals surface area contributed by atoms with Crippen LogP contribution in [-0.4, -0.2) is 28.4 Å². The van der Waals surface area contributed by atoms with E-state index < -0.39 is 5.97 Å². The molecule has 0 saturated heterocycles. The molecule has 6 nitrogen and oxygen atoms in total. The van der Waals surface area contributed by atoms with Gasteiger partial charge in [-0.1, -0.05) is 12.1 Å². The number of carboxylic acid groups (broad SMARTS) is 1. The molecule has 0 saturated carbocycles. The van der Waals surface area contributed by atoms with Gasteiger partial charge in [0.25, 0.3) is 0 Å². The van der Waals surface area contributed by atoms with Gasteiger partial charge in [0, 0.05) is 6.42 Å². The molecular formula is C13H14N2O4. The molecule has 19 heavy (non-hydrogen) atoms. The highest BCUT2D eigenvalue weighted by Gasteiger charge is 2.08. The average Bonchev–Trinajstić information content (AvgIpc) is 2.85. The molecule has 0 atom stereocenters. The van der Waals surface area contributed by atoms with Gasteiger partial charge in [0.2, 0.25) is 11.8 Å². The van der Waals surface area contributed by atoms with E-state index in [-0.39, 0.29) is 12.8 Å². The zero-order valence-corrected chi connectivity index (χ0v) is 10.5. The molecule has 6 heteroatoms. The van der Waals surface area contributed by atoms with Crippen molar-refractivity contribution in [3.05, 3.63) is 41.6 Å². The standard InChI is InChI=1S/C13H14N2O4/c1-18-10-4-2-9(3-5-10)8-12-15-14-11(19-12)6-7-13(16)17/h2-5H,6-8H2,1H3,(H,16,17). The van der Waals surface area contributed by atoms with Gasteiger partial charge in [0.1, 0.15) is 5.75 Å².